The molecule has 0 radical (unpaired) electrons. The summed E-state index contributed by atoms with van der Waals surface area (Å²) in [5, 5.41) is 0. The van der Waals surface area contributed by atoms with E-state index in [-0.39, 0.29) is 12.0 Å². The summed E-state index contributed by atoms with van der Waals surface area (Å²) < 4.78 is 17.1. The molecule has 0 spiro atoms. The van der Waals surface area contributed by atoms with Gasteiger partial charge in [-0.3, -0.25) is 4.79 Å². The molecule has 1 aromatic carbocycles. The van der Waals surface area contributed by atoms with Gasteiger partial charge in [0, 0.05) is 24.4 Å². The maximum absolute atomic E-state index is 12.9. The molecule has 7 nitrogen and oxygen atoms in total. The van der Waals surface area contributed by atoms with Crippen LogP contribution in [0, 0.1) is 13.8 Å². The monoisotopic (exact) mass is 355 g/mol. The number of aromatic nitrogens is 2. The zero-order valence-corrected chi connectivity index (χ0v) is 14.9. The molecule has 1 saturated heterocycles. The number of carbonyl (C=O) groups is 1. The van der Waals surface area contributed by atoms with Crippen LogP contribution in [-0.2, 0) is 0 Å². The number of para-hydroxylation sites is 1. The van der Waals surface area contributed by atoms with Gasteiger partial charge in [0.25, 0.3) is 5.91 Å². The molecule has 2 aliphatic heterocycles. The fourth-order valence-corrected chi connectivity index (χ4v) is 3.32. The van der Waals surface area contributed by atoms with E-state index in [4.69, 9.17) is 14.2 Å². The van der Waals surface area contributed by atoms with Crippen molar-refractivity contribution in [2.45, 2.75) is 26.4 Å². The van der Waals surface area contributed by atoms with Crippen LogP contribution in [0.2, 0.25) is 0 Å². The molecular formula is C19H21N3O4. The zero-order chi connectivity index (χ0) is 18.1. The lowest BCUT2D eigenvalue weighted by Crippen LogP contribution is -2.32. The molecule has 0 unspecified atom stereocenters. The van der Waals surface area contributed by atoms with Crippen molar-refractivity contribution in [3.8, 4) is 17.5 Å². The van der Waals surface area contributed by atoms with Gasteiger partial charge in [-0.15, -0.1) is 0 Å². The minimum atomic E-state index is -0.114. The highest BCUT2D eigenvalue weighted by Gasteiger charge is 2.31. The average Bonchev–Trinajstić information content (AvgIpc) is 3.08. The first-order chi connectivity index (χ1) is 12.6. The molecule has 0 aliphatic carbocycles. The Morgan fingerprint density at radius 2 is 1.96 bits per heavy atom. The van der Waals surface area contributed by atoms with Crippen LogP contribution in [0.5, 0.6) is 17.5 Å². The van der Waals surface area contributed by atoms with Gasteiger partial charge in [0.05, 0.1) is 12.1 Å². The predicted octanol–water partition coefficient (Wildman–Crippen LogP) is 2.16. The van der Waals surface area contributed by atoms with Gasteiger partial charge in [0.1, 0.15) is 19.3 Å². The maximum Gasteiger partial charge on any atom is 0.317 e. The van der Waals surface area contributed by atoms with Crippen molar-refractivity contribution in [1.29, 1.82) is 0 Å². The van der Waals surface area contributed by atoms with Gasteiger partial charge < -0.3 is 19.1 Å². The lowest BCUT2D eigenvalue weighted by molar-refractivity contribution is 0.0759. The molecular weight excluding hydrogens is 334 g/mol. The van der Waals surface area contributed by atoms with Crippen molar-refractivity contribution < 1.29 is 19.0 Å². The molecule has 7 heteroatoms. The summed E-state index contributed by atoms with van der Waals surface area (Å²) in [5.74, 6) is 1.09. The van der Waals surface area contributed by atoms with Crippen LogP contribution in [0.25, 0.3) is 0 Å². The third-order valence-corrected chi connectivity index (χ3v) is 4.46. The summed E-state index contributed by atoms with van der Waals surface area (Å²) in [6.07, 6.45) is 0.630. The second-order valence-electron chi connectivity index (χ2n) is 6.54. The molecule has 0 bridgehead atoms. The van der Waals surface area contributed by atoms with Crippen LogP contribution in [-0.4, -0.2) is 53.2 Å². The SMILES string of the molecule is Cc1cc(C)nc(O[C@H]2CCN(C(=O)c3cccc4c3OCCO4)C2)n1. The number of amides is 1. The molecule has 0 N–H and O–H groups in total. The second kappa shape index (κ2) is 6.82. The van der Waals surface area contributed by atoms with E-state index < -0.39 is 0 Å². The predicted molar refractivity (Wildman–Crippen MR) is 93.9 cm³/mol. The normalized spacial score (nSPS) is 18.7. The Labute approximate surface area is 151 Å². The van der Waals surface area contributed by atoms with Gasteiger partial charge in [-0.05, 0) is 32.0 Å². The Hall–Kier alpha value is -2.83. The van der Waals surface area contributed by atoms with Crippen molar-refractivity contribution >= 4 is 5.91 Å². The van der Waals surface area contributed by atoms with Crippen molar-refractivity contribution in [3.63, 3.8) is 0 Å². The number of fused-ring (bicyclic) bond motifs is 1. The van der Waals surface area contributed by atoms with Gasteiger partial charge in [-0.1, -0.05) is 6.07 Å². The van der Waals surface area contributed by atoms with E-state index in [1.54, 1.807) is 11.0 Å². The minimum Gasteiger partial charge on any atom is -0.486 e. The largest absolute Gasteiger partial charge is 0.486 e. The smallest absolute Gasteiger partial charge is 0.317 e. The third kappa shape index (κ3) is 3.29. The van der Waals surface area contributed by atoms with Gasteiger partial charge in [0.15, 0.2) is 11.5 Å². The van der Waals surface area contributed by atoms with Gasteiger partial charge >= 0.3 is 6.01 Å². The van der Waals surface area contributed by atoms with Crippen molar-refractivity contribution in [2.24, 2.45) is 0 Å². The number of hydrogen-bond donors (Lipinski definition) is 0. The second-order valence-corrected chi connectivity index (χ2v) is 6.54. The van der Waals surface area contributed by atoms with Crippen LogP contribution >= 0.6 is 0 Å². The Morgan fingerprint density at radius 1 is 1.19 bits per heavy atom. The first-order valence-corrected chi connectivity index (χ1v) is 8.77. The van der Waals surface area contributed by atoms with E-state index in [0.29, 0.717) is 49.4 Å². The fraction of sp³-hybridized carbons (Fsp3) is 0.421. The summed E-state index contributed by atoms with van der Waals surface area (Å²) in [6.45, 7) is 5.89. The van der Waals surface area contributed by atoms with Crippen LogP contribution in [0.3, 0.4) is 0 Å². The van der Waals surface area contributed by atoms with Gasteiger partial charge in [0.2, 0.25) is 0 Å². The van der Waals surface area contributed by atoms with E-state index in [2.05, 4.69) is 9.97 Å². The van der Waals surface area contributed by atoms with Gasteiger partial charge in [-0.25, -0.2) is 9.97 Å². The maximum atomic E-state index is 12.9. The molecule has 136 valence electrons. The lowest BCUT2D eigenvalue weighted by atomic mass is 10.1. The minimum absolute atomic E-state index is 0.0696. The summed E-state index contributed by atoms with van der Waals surface area (Å²) in [7, 11) is 0. The molecule has 2 aromatic rings. The molecule has 1 fully saturated rings. The van der Waals surface area contributed by atoms with E-state index in [1.807, 2.05) is 32.0 Å². The van der Waals surface area contributed by atoms with Crippen molar-refractivity contribution in [3.05, 3.63) is 41.2 Å². The highest BCUT2D eigenvalue weighted by Crippen LogP contribution is 2.34. The highest BCUT2D eigenvalue weighted by atomic mass is 16.6. The zero-order valence-electron chi connectivity index (χ0n) is 14.9. The molecule has 2 aliphatic rings. The van der Waals surface area contributed by atoms with E-state index in [9.17, 15) is 4.79 Å². The summed E-state index contributed by atoms with van der Waals surface area (Å²) in [5.41, 5.74) is 2.27. The number of aryl methyl sites for hydroxylation is 2. The first kappa shape index (κ1) is 16.6. The molecule has 1 atom stereocenters. The Kier molecular flexibility index (Phi) is 4.36. The number of rotatable bonds is 3. The topological polar surface area (TPSA) is 73.8 Å². The van der Waals surface area contributed by atoms with E-state index in [0.717, 1.165) is 17.8 Å². The van der Waals surface area contributed by atoms with Crippen LogP contribution < -0.4 is 14.2 Å². The van der Waals surface area contributed by atoms with E-state index in [1.165, 1.54) is 0 Å². The quantitative estimate of drug-likeness (QED) is 0.840. The van der Waals surface area contributed by atoms with E-state index >= 15 is 0 Å². The standard InChI is InChI=1S/C19H21N3O4/c1-12-10-13(2)21-19(20-12)26-14-6-7-22(11-14)18(23)15-4-3-5-16-17(15)25-9-8-24-16/h3-5,10,14H,6-9,11H2,1-2H3/t14-/m0/s1. The number of likely N-dealkylation sites (tertiary alicyclic amines) is 1. The number of nitrogens with zero attached hydrogens (tertiary/aromatic N) is 3. The van der Waals surface area contributed by atoms with Gasteiger partial charge in [-0.2, -0.15) is 0 Å². The Bertz CT molecular complexity index is 819. The molecule has 1 amide bonds. The number of benzene rings is 1. The lowest BCUT2D eigenvalue weighted by Gasteiger charge is -2.23. The first-order valence-electron chi connectivity index (χ1n) is 8.77. The van der Waals surface area contributed by atoms with Crippen LogP contribution in [0.4, 0.5) is 0 Å². The molecule has 4 rings (SSSR count). The van der Waals surface area contributed by atoms with Crippen molar-refractivity contribution in [1.82, 2.24) is 14.9 Å². The molecule has 26 heavy (non-hydrogen) atoms. The molecule has 1 aromatic heterocycles. The average molecular weight is 355 g/mol. The summed E-state index contributed by atoms with van der Waals surface area (Å²) >= 11 is 0. The highest BCUT2D eigenvalue weighted by molar-refractivity contribution is 5.98. The fourth-order valence-electron chi connectivity index (χ4n) is 3.32. The van der Waals surface area contributed by atoms with Crippen LogP contribution in [0.15, 0.2) is 24.3 Å². The van der Waals surface area contributed by atoms with Crippen LogP contribution in [0.1, 0.15) is 28.2 Å². The summed E-state index contributed by atoms with van der Waals surface area (Å²) in [6, 6.07) is 7.68. The Balaban J connectivity index is 1.46. The number of carbonyl (C=O) groups excluding carboxylic acids is 1. The number of hydrogen-bond acceptors (Lipinski definition) is 6. The molecule has 3 heterocycles. The number of ether oxygens (including phenoxy) is 3. The summed E-state index contributed by atoms with van der Waals surface area (Å²) in [4.78, 5) is 23.3. The molecule has 0 saturated carbocycles. The van der Waals surface area contributed by atoms with Crippen molar-refractivity contribution in [2.75, 3.05) is 26.3 Å². The Morgan fingerprint density at radius 3 is 2.77 bits per heavy atom. The third-order valence-electron chi connectivity index (χ3n) is 4.46.